The van der Waals surface area contributed by atoms with Crippen LogP contribution in [0.2, 0.25) is 0 Å². The van der Waals surface area contributed by atoms with Crippen molar-refractivity contribution in [3.05, 3.63) is 91.0 Å². The molecular formula is C25H28F4O4S2. The Morgan fingerprint density at radius 1 is 0.743 bits per heavy atom. The van der Waals surface area contributed by atoms with Crippen molar-refractivity contribution in [2.24, 2.45) is 0 Å². The molecule has 0 atom stereocenters. The van der Waals surface area contributed by atoms with Crippen LogP contribution in [0.15, 0.2) is 106 Å². The lowest BCUT2D eigenvalue weighted by Crippen LogP contribution is -2.47. The van der Waals surface area contributed by atoms with Crippen molar-refractivity contribution >= 4 is 21.0 Å². The van der Waals surface area contributed by atoms with Crippen LogP contribution < -0.4 is 0 Å². The SMILES string of the molecule is CCC.O=S(=O)([O-])C(F)(F)C(F)(F)CCO.c1ccc([S+](c2ccccc2)c2ccccc2)cc1. The Morgan fingerprint density at radius 2 is 1.03 bits per heavy atom. The molecule has 3 aromatic rings. The van der Waals surface area contributed by atoms with E-state index in [1.165, 1.54) is 21.1 Å². The van der Waals surface area contributed by atoms with Crippen LogP contribution in [-0.2, 0) is 21.0 Å². The molecule has 0 amide bonds. The Hall–Kier alpha value is -2.40. The Bertz CT molecular complexity index is 988. The lowest BCUT2D eigenvalue weighted by Gasteiger charge is -2.27. The van der Waals surface area contributed by atoms with Crippen molar-refractivity contribution in [3.63, 3.8) is 0 Å². The summed E-state index contributed by atoms with van der Waals surface area (Å²) in [5.74, 6) is -5.05. The second kappa shape index (κ2) is 14.2. The van der Waals surface area contributed by atoms with E-state index in [4.69, 9.17) is 5.11 Å². The highest BCUT2D eigenvalue weighted by atomic mass is 32.2. The molecule has 0 unspecified atom stereocenters. The van der Waals surface area contributed by atoms with Crippen molar-refractivity contribution in [3.8, 4) is 0 Å². The first kappa shape index (κ1) is 30.6. The average Bonchev–Trinajstić information content (AvgIpc) is 2.81. The molecule has 192 valence electrons. The van der Waals surface area contributed by atoms with Gasteiger partial charge in [-0.25, -0.2) is 8.42 Å². The molecule has 35 heavy (non-hydrogen) atoms. The number of rotatable bonds is 7. The van der Waals surface area contributed by atoms with Crippen LogP contribution >= 0.6 is 0 Å². The molecule has 0 bridgehead atoms. The quantitative estimate of drug-likeness (QED) is 0.219. The second-order valence-corrected chi connectivity index (χ2v) is 10.5. The molecule has 0 radical (unpaired) electrons. The molecule has 1 N–H and O–H groups in total. The third kappa shape index (κ3) is 8.96. The number of benzene rings is 3. The molecule has 3 rings (SSSR count). The van der Waals surface area contributed by atoms with Gasteiger partial charge in [0.1, 0.15) is 0 Å². The summed E-state index contributed by atoms with van der Waals surface area (Å²) in [5, 5.41) is 2.23. The Morgan fingerprint density at radius 3 is 1.26 bits per heavy atom. The van der Waals surface area contributed by atoms with Gasteiger partial charge in [0.2, 0.25) is 0 Å². The molecule has 0 aliphatic rings. The fourth-order valence-electron chi connectivity index (χ4n) is 2.55. The Balaban J connectivity index is 0.000000336. The summed E-state index contributed by atoms with van der Waals surface area (Å²) in [6.45, 7) is 2.90. The minimum Gasteiger partial charge on any atom is -0.743 e. The average molecular weight is 533 g/mol. The molecule has 4 nitrogen and oxygen atoms in total. The summed E-state index contributed by atoms with van der Waals surface area (Å²) >= 11 is 0. The van der Waals surface area contributed by atoms with Crippen molar-refractivity contribution < 1.29 is 35.6 Å². The largest absolute Gasteiger partial charge is 0.743 e. The predicted octanol–water partition coefficient (Wildman–Crippen LogP) is 6.34. The zero-order chi connectivity index (χ0) is 26.5. The fourth-order valence-corrected chi connectivity index (χ4v) is 5.12. The molecule has 0 spiro atoms. The van der Waals surface area contributed by atoms with E-state index in [0.29, 0.717) is 0 Å². The van der Waals surface area contributed by atoms with E-state index in [9.17, 15) is 30.5 Å². The summed E-state index contributed by atoms with van der Waals surface area (Å²) in [7, 11) is -6.44. The van der Waals surface area contributed by atoms with Crippen molar-refractivity contribution in [2.45, 2.75) is 52.6 Å². The summed E-state index contributed by atoms with van der Waals surface area (Å²) in [6, 6.07) is 32.2. The topological polar surface area (TPSA) is 77.4 Å². The standard InChI is InChI=1S/C18H15S.C4H6F4O4S.C3H8/c1-4-10-16(11-5-1)19(17-12-6-2-7-13-17)18-14-8-3-9-15-18;5-3(6,1-2-9)4(7,8)13(10,11)12;1-3-2/h1-15H;9H,1-2H2,(H,10,11,12);3H2,1-2H3/q+1;;/p-1. The highest BCUT2D eigenvalue weighted by Crippen LogP contribution is 2.40. The molecule has 0 aliphatic carbocycles. The minimum atomic E-state index is -6.43. The van der Waals surface area contributed by atoms with Gasteiger partial charge in [0.15, 0.2) is 24.8 Å². The second-order valence-electron chi connectivity index (χ2n) is 7.10. The molecule has 0 heterocycles. The van der Waals surface area contributed by atoms with Crippen LogP contribution in [0.4, 0.5) is 17.6 Å². The van der Waals surface area contributed by atoms with E-state index in [-0.39, 0.29) is 10.9 Å². The number of hydrogen-bond acceptors (Lipinski definition) is 4. The van der Waals surface area contributed by atoms with Crippen molar-refractivity contribution in [1.29, 1.82) is 0 Å². The molecule has 0 saturated carbocycles. The molecule has 0 saturated heterocycles. The predicted molar refractivity (Wildman–Crippen MR) is 129 cm³/mol. The summed E-state index contributed by atoms with van der Waals surface area (Å²) in [4.78, 5) is 4.08. The van der Waals surface area contributed by atoms with Gasteiger partial charge in [-0.2, -0.15) is 17.6 Å². The van der Waals surface area contributed by atoms with Gasteiger partial charge < -0.3 is 9.66 Å². The van der Waals surface area contributed by atoms with Crippen LogP contribution in [0.5, 0.6) is 0 Å². The van der Waals surface area contributed by atoms with Crippen LogP contribution in [0.1, 0.15) is 26.7 Å². The lowest BCUT2D eigenvalue weighted by molar-refractivity contribution is -0.168. The highest BCUT2D eigenvalue weighted by molar-refractivity contribution is 7.97. The number of hydrogen-bond donors (Lipinski definition) is 1. The molecule has 10 heteroatoms. The maximum Gasteiger partial charge on any atom is 0.396 e. The third-order valence-corrected chi connectivity index (χ3v) is 7.26. The van der Waals surface area contributed by atoms with Crippen LogP contribution in [0.3, 0.4) is 0 Å². The maximum atomic E-state index is 12.2. The molecule has 3 aromatic carbocycles. The fraction of sp³-hybridized carbons (Fsp3) is 0.280. The molecule has 0 fully saturated rings. The van der Waals surface area contributed by atoms with E-state index >= 15 is 0 Å². The van der Waals surface area contributed by atoms with E-state index in [1.807, 2.05) is 0 Å². The van der Waals surface area contributed by atoms with Crippen LogP contribution in [0, 0.1) is 0 Å². The van der Waals surface area contributed by atoms with Gasteiger partial charge >= 0.3 is 11.2 Å². The van der Waals surface area contributed by atoms with Gasteiger partial charge in [0, 0.05) is 13.0 Å². The van der Waals surface area contributed by atoms with E-state index < -0.39 is 34.3 Å². The first-order valence-corrected chi connectivity index (χ1v) is 13.3. The number of halogens is 4. The lowest BCUT2D eigenvalue weighted by atomic mass is 10.2. The smallest absolute Gasteiger partial charge is 0.396 e. The summed E-state index contributed by atoms with van der Waals surface area (Å²) in [6.07, 6.45) is -0.540. The van der Waals surface area contributed by atoms with Crippen LogP contribution in [-0.4, -0.2) is 35.9 Å². The van der Waals surface area contributed by atoms with Gasteiger partial charge in [-0.15, -0.1) is 0 Å². The maximum absolute atomic E-state index is 12.2. The number of alkyl halides is 4. The van der Waals surface area contributed by atoms with E-state index in [0.717, 1.165) is 0 Å². The highest BCUT2D eigenvalue weighted by Gasteiger charge is 2.60. The first-order valence-electron chi connectivity index (χ1n) is 10.6. The van der Waals surface area contributed by atoms with E-state index in [1.54, 1.807) is 0 Å². The first-order chi connectivity index (χ1) is 16.4. The number of aliphatic hydroxyl groups is 1. The van der Waals surface area contributed by atoms with Gasteiger partial charge in [0.25, 0.3) is 0 Å². The van der Waals surface area contributed by atoms with Gasteiger partial charge in [0.05, 0.1) is 10.9 Å². The van der Waals surface area contributed by atoms with Crippen molar-refractivity contribution in [1.82, 2.24) is 0 Å². The van der Waals surface area contributed by atoms with Crippen molar-refractivity contribution in [2.75, 3.05) is 6.61 Å². The third-order valence-electron chi connectivity index (χ3n) is 4.10. The normalized spacial score (nSPS) is 11.7. The minimum absolute atomic E-state index is 0.0146. The van der Waals surface area contributed by atoms with Gasteiger partial charge in [-0.1, -0.05) is 74.9 Å². The molecular weight excluding hydrogens is 504 g/mol. The zero-order valence-corrected chi connectivity index (χ0v) is 20.9. The number of aliphatic hydroxyl groups excluding tert-OH is 1. The molecule has 0 aliphatic heterocycles. The van der Waals surface area contributed by atoms with Crippen LogP contribution in [0.25, 0.3) is 0 Å². The molecule has 0 aromatic heterocycles. The van der Waals surface area contributed by atoms with Gasteiger partial charge in [-0.05, 0) is 36.4 Å². The monoisotopic (exact) mass is 532 g/mol. The van der Waals surface area contributed by atoms with E-state index in [2.05, 4.69) is 105 Å². The zero-order valence-electron chi connectivity index (χ0n) is 19.3. The van der Waals surface area contributed by atoms with Gasteiger partial charge in [-0.3, -0.25) is 0 Å². The Kier molecular flexibility index (Phi) is 12.5. The summed E-state index contributed by atoms with van der Waals surface area (Å²) < 4.78 is 77.8. The Labute approximate surface area is 206 Å². The summed E-state index contributed by atoms with van der Waals surface area (Å²) in [5.41, 5.74) is 0.